The van der Waals surface area contributed by atoms with Crippen LogP contribution in [0.5, 0.6) is 0 Å². The molecular weight excluding hydrogens is 386 g/mol. The Morgan fingerprint density at radius 1 is 1.07 bits per heavy atom. The summed E-state index contributed by atoms with van der Waals surface area (Å²) in [5.41, 5.74) is 10.9. The van der Waals surface area contributed by atoms with Gasteiger partial charge in [0.1, 0.15) is 18.1 Å². The highest BCUT2D eigenvalue weighted by Crippen LogP contribution is 2.02. The Labute approximate surface area is 166 Å². The quantitative estimate of drug-likeness (QED) is 0.195. The number of hydrogen-bond acceptors (Lipinski definition) is 7. The van der Waals surface area contributed by atoms with Crippen LogP contribution in [0, 0.1) is 0 Å². The van der Waals surface area contributed by atoms with Gasteiger partial charge in [0, 0.05) is 18.3 Å². The number of aromatic nitrogens is 2. The summed E-state index contributed by atoms with van der Waals surface area (Å²) < 4.78 is 0. The summed E-state index contributed by atoms with van der Waals surface area (Å²) in [5, 5.41) is 16.1. The lowest BCUT2D eigenvalue weighted by Crippen LogP contribution is -2.57. The molecule has 0 spiro atoms. The third kappa shape index (κ3) is 7.96. The van der Waals surface area contributed by atoms with E-state index in [1.807, 2.05) is 0 Å². The van der Waals surface area contributed by atoms with E-state index in [4.69, 9.17) is 16.6 Å². The van der Waals surface area contributed by atoms with Gasteiger partial charge in [-0.2, -0.15) is 0 Å². The number of carboxylic acids is 1. The maximum atomic E-state index is 12.6. The molecule has 4 unspecified atom stereocenters. The number of nitrogens with zero attached hydrogens (tertiary/aromatic N) is 1. The highest BCUT2D eigenvalue weighted by Gasteiger charge is 2.29. The summed E-state index contributed by atoms with van der Waals surface area (Å²) in [4.78, 5) is 65.4. The zero-order chi connectivity index (χ0) is 22.1. The second-order valence-corrected chi connectivity index (χ2v) is 6.43. The second-order valence-electron chi connectivity index (χ2n) is 6.43. The first-order valence-corrected chi connectivity index (χ1v) is 8.66. The van der Waals surface area contributed by atoms with Gasteiger partial charge in [-0.05, 0) is 13.8 Å². The molecular formula is C16H25N7O6. The van der Waals surface area contributed by atoms with Gasteiger partial charge >= 0.3 is 5.97 Å². The van der Waals surface area contributed by atoms with E-state index in [-0.39, 0.29) is 6.42 Å². The Kier molecular flexibility index (Phi) is 8.73. The summed E-state index contributed by atoms with van der Waals surface area (Å²) >= 11 is 0. The molecule has 4 atom stereocenters. The first kappa shape index (κ1) is 23.6. The molecule has 13 heteroatoms. The molecule has 0 radical (unpaired) electrons. The van der Waals surface area contributed by atoms with E-state index >= 15 is 0 Å². The van der Waals surface area contributed by atoms with E-state index in [0.717, 1.165) is 0 Å². The van der Waals surface area contributed by atoms with Crippen LogP contribution in [-0.4, -0.2) is 68.8 Å². The Hall–Kier alpha value is -3.48. The number of primary amides is 1. The fourth-order valence-electron chi connectivity index (χ4n) is 2.21. The lowest BCUT2D eigenvalue weighted by atomic mass is 10.1. The summed E-state index contributed by atoms with van der Waals surface area (Å²) in [5.74, 6) is -4.48. The van der Waals surface area contributed by atoms with Crippen LogP contribution >= 0.6 is 0 Å². The molecule has 1 aromatic heterocycles. The number of carbonyl (C=O) groups is 5. The molecule has 0 aliphatic carbocycles. The van der Waals surface area contributed by atoms with Gasteiger partial charge in [0.2, 0.25) is 23.6 Å². The molecule has 1 aromatic rings. The van der Waals surface area contributed by atoms with E-state index in [9.17, 15) is 24.0 Å². The van der Waals surface area contributed by atoms with Gasteiger partial charge < -0.3 is 37.5 Å². The number of imidazole rings is 1. The Morgan fingerprint density at radius 3 is 2.17 bits per heavy atom. The third-order valence-electron chi connectivity index (χ3n) is 3.80. The summed E-state index contributed by atoms with van der Waals surface area (Å²) in [6.07, 6.45) is 2.12. The number of rotatable bonds is 11. The number of nitrogens with one attached hydrogen (secondary N) is 4. The van der Waals surface area contributed by atoms with Crippen molar-refractivity contribution in [2.75, 3.05) is 0 Å². The number of amides is 4. The smallest absolute Gasteiger partial charge is 0.326 e. The van der Waals surface area contributed by atoms with E-state index < -0.39 is 60.2 Å². The van der Waals surface area contributed by atoms with Crippen LogP contribution in [0.25, 0.3) is 0 Å². The van der Waals surface area contributed by atoms with Crippen LogP contribution < -0.4 is 27.4 Å². The van der Waals surface area contributed by atoms with Crippen molar-refractivity contribution < 1.29 is 29.1 Å². The fourth-order valence-corrected chi connectivity index (χ4v) is 2.21. The summed E-state index contributed by atoms with van der Waals surface area (Å²) in [6, 6.07) is -4.62. The lowest BCUT2D eigenvalue weighted by Gasteiger charge is -2.23. The first-order chi connectivity index (χ1) is 13.5. The van der Waals surface area contributed by atoms with Crippen LogP contribution in [0.3, 0.4) is 0 Å². The molecule has 0 fully saturated rings. The van der Waals surface area contributed by atoms with Crippen molar-refractivity contribution in [3.63, 3.8) is 0 Å². The van der Waals surface area contributed by atoms with Crippen molar-refractivity contribution in [2.45, 2.75) is 50.9 Å². The van der Waals surface area contributed by atoms with Gasteiger partial charge in [0.25, 0.3) is 0 Å². The lowest BCUT2D eigenvalue weighted by molar-refractivity contribution is -0.143. The number of H-pyrrole nitrogens is 1. The van der Waals surface area contributed by atoms with Crippen LogP contribution in [-0.2, 0) is 30.4 Å². The molecule has 0 aromatic carbocycles. The van der Waals surface area contributed by atoms with Crippen molar-refractivity contribution in [1.29, 1.82) is 0 Å². The number of aromatic amines is 1. The van der Waals surface area contributed by atoms with Crippen molar-refractivity contribution in [1.82, 2.24) is 25.9 Å². The van der Waals surface area contributed by atoms with E-state index in [1.165, 1.54) is 26.4 Å². The number of hydrogen-bond donors (Lipinski definition) is 7. The first-order valence-electron chi connectivity index (χ1n) is 8.66. The van der Waals surface area contributed by atoms with Crippen molar-refractivity contribution in [3.8, 4) is 0 Å². The van der Waals surface area contributed by atoms with Crippen molar-refractivity contribution >= 4 is 29.6 Å². The monoisotopic (exact) mass is 411 g/mol. The van der Waals surface area contributed by atoms with Crippen molar-refractivity contribution in [2.24, 2.45) is 11.5 Å². The van der Waals surface area contributed by atoms with Gasteiger partial charge in [-0.1, -0.05) is 0 Å². The Morgan fingerprint density at radius 2 is 1.69 bits per heavy atom. The SMILES string of the molecule is CC(N)C(=O)NC(C)C(=O)NC(Cc1cnc[nH]1)C(=O)NC(CC(N)=O)C(=O)O. The van der Waals surface area contributed by atoms with Crippen molar-refractivity contribution in [3.05, 3.63) is 18.2 Å². The minimum absolute atomic E-state index is 0.0472. The molecule has 4 amide bonds. The predicted molar refractivity (Wildman–Crippen MR) is 98.9 cm³/mol. The molecule has 9 N–H and O–H groups in total. The Balaban J connectivity index is 2.90. The number of carboxylic acid groups (broad SMARTS) is 1. The molecule has 0 saturated heterocycles. The van der Waals surface area contributed by atoms with Gasteiger partial charge in [-0.25, -0.2) is 9.78 Å². The molecule has 13 nitrogen and oxygen atoms in total. The molecule has 160 valence electrons. The predicted octanol–water partition coefficient (Wildman–Crippen LogP) is -3.27. The molecule has 29 heavy (non-hydrogen) atoms. The molecule has 0 aliphatic heterocycles. The minimum Gasteiger partial charge on any atom is -0.480 e. The van der Waals surface area contributed by atoms with Crippen LogP contribution in [0.1, 0.15) is 26.0 Å². The largest absolute Gasteiger partial charge is 0.480 e. The third-order valence-corrected chi connectivity index (χ3v) is 3.80. The van der Waals surface area contributed by atoms with Gasteiger partial charge in [0.05, 0.1) is 18.8 Å². The van der Waals surface area contributed by atoms with Gasteiger partial charge in [0.15, 0.2) is 0 Å². The van der Waals surface area contributed by atoms with Gasteiger partial charge in [-0.15, -0.1) is 0 Å². The van der Waals surface area contributed by atoms with Crippen LogP contribution in [0.2, 0.25) is 0 Å². The second kappa shape index (κ2) is 10.8. The number of nitrogens with two attached hydrogens (primary N) is 2. The van der Waals surface area contributed by atoms with E-state index in [0.29, 0.717) is 5.69 Å². The molecule has 1 heterocycles. The maximum absolute atomic E-state index is 12.6. The van der Waals surface area contributed by atoms with Crippen LogP contribution in [0.4, 0.5) is 0 Å². The maximum Gasteiger partial charge on any atom is 0.326 e. The van der Waals surface area contributed by atoms with Gasteiger partial charge in [-0.3, -0.25) is 19.2 Å². The average molecular weight is 411 g/mol. The highest BCUT2D eigenvalue weighted by molar-refractivity contribution is 5.94. The zero-order valence-electron chi connectivity index (χ0n) is 16.0. The number of aliphatic carboxylic acids is 1. The summed E-state index contributed by atoms with van der Waals surface area (Å²) in [6.45, 7) is 2.84. The zero-order valence-corrected chi connectivity index (χ0v) is 16.0. The summed E-state index contributed by atoms with van der Waals surface area (Å²) in [7, 11) is 0. The molecule has 0 bridgehead atoms. The minimum atomic E-state index is -1.56. The van der Waals surface area contributed by atoms with E-state index in [1.54, 1.807) is 0 Å². The van der Waals surface area contributed by atoms with E-state index in [2.05, 4.69) is 25.9 Å². The normalized spacial score (nSPS) is 14.7. The fraction of sp³-hybridized carbons (Fsp3) is 0.500. The molecule has 1 rings (SSSR count). The molecule has 0 aliphatic rings. The standard InChI is InChI=1S/C16H25N7O6/c1-7(17)13(25)21-8(2)14(26)22-10(3-9-5-19-6-20-9)15(27)23-11(16(28)29)4-12(18)24/h5-8,10-11H,3-4,17H2,1-2H3,(H2,18,24)(H,19,20)(H,21,25)(H,22,26)(H,23,27)(H,28,29). The Bertz CT molecular complexity index is 749. The highest BCUT2D eigenvalue weighted by atomic mass is 16.4. The number of carbonyl (C=O) groups excluding carboxylic acids is 4. The topological polar surface area (TPSA) is 222 Å². The van der Waals surface area contributed by atoms with Crippen LogP contribution in [0.15, 0.2) is 12.5 Å². The molecule has 0 saturated carbocycles. The average Bonchev–Trinajstić information content (AvgIpc) is 3.12.